The monoisotopic (exact) mass is 313 g/mol. The van der Waals surface area contributed by atoms with Crippen LogP contribution >= 0.6 is 23.2 Å². The first-order chi connectivity index (χ1) is 9.65. The normalized spacial score (nSPS) is 12.6. The van der Waals surface area contributed by atoms with E-state index in [1.165, 1.54) is 0 Å². The second-order valence-corrected chi connectivity index (χ2v) is 5.33. The Morgan fingerprint density at radius 2 is 2.20 bits per heavy atom. The zero-order chi connectivity index (χ0) is 14.5. The number of rotatable bonds is 6. The Labute approximate surface area is 128 Å². The summed E-state index contributed by atoms with van der Waals surface area (Å²) in [5, 5.41) is 5.39. The van der Waals surface area contributed by atoms with Gasteiger partial charge in [0.1, 0.15) is 12.2 Å². The van der Waals surface area contributed by atoms with Crippen LogP contribution in [-0.4, -0.2) is 14.8 Å². The molecule has 0 bridgehead atoms. The number of nitrogens with zero attached hydrogens (tertiary/aromatic N) is 3. The number of aryl methyl sites for hydroxylation is 1. The predicted molar refractivity (Wildman–Crippen MR) is 80.5 cm³/mol. The van der Waals surface area contributed by atoms with Crippen molar-refractivity contribution in [2.45, 2.75) is 32.4 Å². The average molecular weight is 314 g/mol. The summed E-state index contributed by atoms with van der Waals surface area (Å²) in [5.41, 5.74) is 3.67. The summed E-state index contributed by atoms with van der Waals surface area (Å²) in [7, 11) is 0. The van der Waals surface area contributed by atoms with Crippen LogP contribution in [-0.2, 0) is 13.0 Å². The molecule has 0 saturated carbocycles. The van der Waals surface area contributed by atoms with Crippen LogP contribution in [0.25, 0.3) is 0 Å². The number of nitrogens with one attached hydrogen (secondary N) is 1. The minimum atomic E-state index is -0.139. The maximum atomic E-state index is 6.22. The molecular formula is C13H17Cl2N5. The number of hydrogen-bond donors (Lipinski definition) is 2. The molecular weight excluding hydrogens is 297 g/mol. The molecule has 0 amide bonds. The third kappa shape index (κ3) is 3.49. The van der Waals surface area contributed by atoms with Gasteiger partial charge in [-0.05, 0) is 24.1 Å². The minimum absolute atomic E-state index is 0.139. The highest BCUT2D eigenvalue weighted by Crippen LogP contribution is 2.27. The van der Waals surface area contributed by atoms with Crippen molar-refractivity contribution in [2.75, 3.05) is 0 Å². The maximum absolute atomic E-state index is 6.22. The zero-order valence-corrected chi connectivity index (χ0v) is 12.7. The molecule has 0 aliphatic carbocycles. The SMILES string of the molecule is CCCn1ncnc1CC(NN)c1ccc(Cl)cc1Cl. The fourth-order valence-corrected chi connectivity index (χ4v) is 2.61. The highest BCUT2D eigenvalue weighted by molar-refractivity contribution is 6.35. The van der Waals surface area contributed by atoms with Crippen LogP contribution in [0.4, 0.5) is 0 Å². The van der Waals surface area contributed by atoms with Gasteiger partial charge in [-0.15, -0.1) is 0 Å². The van der Waals surface area contributed by atoms with Crippen LogP contribution < -0.4 is 11.3 Å². The number of hydrogen-bond acceptors (Lipinski definition) is 4. The van der Waals surface area contributed by atoms with E-state index in [2.05, 4.69) is 22.4 Å². The van der Waals surface area contributed by atoms with E-state index < -0.39 is 0 Å². The number of hydrazine groups is 1. The van der Waals surface area contributed by atoms with Crippen molar-refractivity contribution >= 4 is 23.2 Å². The summed E-state index contributed by atoms with van der Waals surface area (Å²) >= 11 is 12.1. The molecule has 7 heteroatoms. The number of halogens is 2. The lowest BCUT2D eigenvalue weighted by Gasteiger charge is -2.17. The molecule has 0 aliphatic rings. The molecule has 2 aromatic rings. The van der Waals surface area contributed by atoms with Crippen molar-refractivity contribution in [3.05, 3.63) is 46.0 Å². The summed E-state index contributed by atoms with van der Waals surface area (Å²) in [5.74, 6) is 6.53. The molecule has 1 unspecified atom stereocenters. The lowest BCUT2D eigenvalue weighted by molar-refractivity contribution is 0.499. The van der Waals surface area contributed by atoms with Crippen LogP contribution in [0.3, 0.4) is 0 Å². The third-order valence-electron chi connectivity index (χ3n) is 3.06. The molecule has 0 saturated heterocycles. The summed E-state index contributed by atoms with van der Waals surface area (Å²) in [4.78, 5) is 4.28. The van der Waals surface area contributed by atoms with Crippen molar-refractivity contribution in [3.63, 3.8) is 0 Å². The first kappa shape index (κ1) is 15.3. The smallest absolute Gasteiger partial charge is 0.138 e. The van der Waals surface area contributed by atoms with Crippen molar-refractivity contribution < 1.29 is 0 Å². The van der Waals surface area contributed by atoms with Crippen LogP contribution in [0.15, 0.2) is 24.5 Å². The third-order valence-corrected chi connectivity index (χ3v) is 3.62. The molecule has 108 valence electrons. The van der Waals surface area contributed by atoms with E-state index in [0.29, 0.717) is 16.5 Å². The van der Waals surface area contributed by atoms with Crippen LogP contribution in [0.1, 0.15) is 30.8 Å². The standard InChI is InChI=1S/C13H17Cl2N5/c1-2-5-20-13(17-8-18-20)7-12(19-16)10-4-3-9(14)6-11(10)15/h3-4,6,8,12,19H,2,5,7,16H2,1H3. The topological polar surface area (TPSA) is 68.8 Å². The largest absolute Gasteiger partial charge is 0.271 e. The van der Waals surface area contributed by atoms with E-state index in [1.807, 2.05) is 10.7 Å². The second-order valence-electron chi connectivity index (χ2n) is 4.49. The van der Waals surface area contributed by atoms with Gasteiger partial charge >= 0.3 is 0 Å². The van der Waals surface area contributed by atoms with E-state index in [4.69, 9.17) is 29.0 Å². The van der Waals surface area contributed by atoms with Crippen molar-refractivity contribution in [3.8, 4) is 0 Å². The molecule has 0 radical (unpaired) electrons. The Hall–Kier alpha value is -1.14. The molecule has 5 nitrogen and oxygen atoms in total. The summed E-state index contributed by atoms with van der Waals surface area (Å²) in [6.07, 6.45) is 3.17. The second kappa shape index (κ2) is 7.04. The molecule has 0 aliphatic heterocycles. The minimum Gasteiger partial charge on any atom is -0.271 e. The Morgan fingerprint density at radius 1 is 1.40 bits per heavy atom. The van der Waals surface area contributed by atoms with Crippen molar-refractivity contribution in [2.24, 2.45) is 5.84 Å². The van der Waals surface area contributed by atoms with Crippen LogP contribution in [0, 0.1) is 0 Å². The number of aromatic nitrogens is 3. The van der Waals surface area contributed by atoms with E-state index in [9.17, 15) is 0 Å². The van der Waals surface area contributed by atoms with E-state index in [1.54, 1.807) is 18.5 Å². The van der Waals surface area contributed by atoms with Gasteiger partial charge in [0.15, 0.2) is 0 Å². The molecule has 20 heavy (non-hydrogen) atoms. The van der Waals surface area contributed by atoms with Crippen molar-refractivity contribution in [1.29, 1.82) is 0 Å². The van der Waals surface area contributed by atoms with Gasteiger partial charge in [-0.1, -0.05) is 36.2 Å². The van der Waals surface area contributed by atoms with Gasteiger partial charge < -0.3 is 0 Å². The molecule has 3 N–H and O–H groups in total. The van der Waals surface area contributed by atoms with Crippen molar-refractivity contribution in [1.82, 2.24) is 20.2 Å². The Kier molecular flexibility index (Phi) is 5.37. The van der Waals surface area contributed by atoms with Gasteiger partial charge in [-0.3, -0.25) is 16.0 Å². The highest BCUT2D eigenvalue weighted by atomic mass is 35.5. The fourth-order valence-electron chi connectivity index (χ4n) is 2.07. The molecule has 1 aromatic heterocycles. The summed E-state index contributed by atoms with van der Waals surface area (Å²) in [6.45, 7) is 2.93. The van der Waals surface area contributed by atoms with Gasteiger partial charge in [0.2, 0.25) is 0 Å². The Bertz CT molecular complexity index is 570. The molecule has 1 aromatic carbocycles. The number of nitrogens with two attached hydrogens (primary N) is 1. The first-order valence-electron chi connectivity index (χ1n) is 6.43. The van der Waals surface area contributed by atoms with E-state index in [0.717, 1.165) is 24.4 Å². The van der Waals surface area contributed by atoms with Gasteiger partial charge in [-0.25, -0.2) is 4.98 Å². The van der Waals surface area contributed by atoms with Gasteiger partial charge in [0.05, 0.1) is 6.04 Å². The molecule has 0 spiro atoms. The van der Waals surface area contributed by atoms with E-state index in [-0.39, 0.29) is 6.04 Å². The first-order valence-corrected chi connectivity index (χ1v) is 7.19. The summed E-state index contributed by atoms with van der Waals surface area (Å²) < 4.78 is 1.88. The van der Waals surface area contributed by atoms with Gasteiger partial charge in [-0.2, -0.15) is 5.10 Å². The van der Waals surface area contributed by atoms with Crippen LogP contribution in [0.5, 0.6) is 0 Å². The quantitative estimate of drug-likeness (QED) is 0.635. The average Bonchev–Trinajstić information content (AvgIpc) is 2.84. The molecule has 1 atom stereocenters. The molecule has 2 rings (SSSR count). The maximum Gasteiger partial charge on any atom is 0.138 e. The predicted octanol–water partition coefficient (Wildman–Crippen LogP) is 2.74. The summed E-state index contributed by atoms with van der Waals surface area (Å²) in [6, 6.07) is 5.23. The van der Waals surface area contributed by atoms with Crippen LogP contribution in [0.2, 0.25) is 10.0 Å². The Balaban J connectivity index is 2.22. The van der Waals surface area contributed by atoms with E-state index >= 15 is 0 Å². The lowest BCUT2D eigenvalue weighted by atomic mass is 10.0. The fraction of sp³-hybridized carbons (Fsp3) is 0.385. The lowest BCUT2D eigenvalue weighted by Crippen LogP contribution is -2.30. The molecule has 0 fully saturated rings. The highest BCUT2D eigenvalue weighted by Gasteiger charge is 2.17. The molecule has 1 heterocycles. The van der Waals surface area contributed by atoms with Gasteiger partial charge in [0, 0.05) is 23.0 Å². The number of benzene rings is 1. The van der Waals surface area contributed by atoms with Gasteiger partial charge in [0.25, 0.3) is 0 Å². The zero-order valence-electron chi connectivity index (χ0n) is 11.2. The Morgan fingerprint density at radius 3 is 2.85 bits per heavy atom.